The molecule has 0 spiro atoms. The van der Waals surface area contributed by atoms with E-state index in [4.69, 9.17) is 10.5 Å². The monoisotopic (exact) mass is 357 g/mol. The van der Waals surface area contributed by atoms with Gasteiger partial charge in [0.25, 0.3) is 10.0 Å². The molecule has 0 atom stereocenters. The minimum absolute atomic E-state index is 0.0301. The van der Waals surface area contributed by atoms with Crippen LogP contribution in [-0.4, -0.2) is 20.5 Å². The van der Waals surface area contributed by atoms with Crippen LogP contribution in [0.3, 0.4) is 0 Å². The topological polar surface area (TPSA) is 94.3 Å². The summed E-state index contributed by atoms with van der Waals surface area (Å²) in [6, 6.07) is 5.95. The number of benzene rings is 1. The Labute approximate surface area is 125 Å². The first kappa shape index (κ1) is 14.6. The number of nitrogens with one attached hydrogen (secondary N) is 1. The van der Waals surface area contributed by atoms with Crippen LogP contribution in [0.25, 0.3) is 0 Å². The Morgan fingerprint density at radius 1 is 1.30 bits per heavy atom. The summed E-state index contributed by atoms with van der Waals surface area (Å²) in [5.41, 5.74) is 6.44. The van der Waals surface area contributed by atoms with Gasteiger partial charge in [-0.2, -0.15) is 0 Å². The third-order valence-electron chi connectivity index (χ3n) is 2.51. The number of nitrogen functional groups attached to an aromatic ring is 1. The minimum atomic E-state index is -3.80. The van der Waals surface area contributed by atoms with Gasteiger partial charge in [-0.15, -0.1) is 0 Å². The number of anilines is 2. The first-order chi connectivity index (χ1) is 9.44. The van der Waals surface area contributed by atoms with Gasteiger partial charge in [-0.1, -0.05) is 0 Å². The number of hydrogen-bond acceptors (Lipinski definition) is 5. The summed E-state index contributed by atoms with van der Waals surface area (Å²) < 4.78 is 32.8. The van der Waals surface area contributed by atoms with E-state index in [-0.39, 0.29) is 10.6 Å². The van der Waals surface area contributed by atoms with Crippen LogP contribution in [0.5, 0.6) is 5.75 Å². The van der Waals surface area contributed by atoms with Crippen LogP contribution in [0.15, 0.2) is 46.0 Å². The van der Waals surface area contributed by atoms with Gasteiger partial charge in [0.05, 0.1) is 12.8 Å². The van der Waals surface area contributed by atoms with Crippen molar-refractivity contribution in [1.82, 2.24) is 4.98 Å². The molecule has 8 heteroatoms. The molecule has 0 aliphatic rings. The van der Waals surface area contributed by atoms with Crippen molar-refractivity contribution in [3.63, 3.8) is 0 Å². The molecule has 0 radical (unpaired) electrons. The third-order valence-corrected chi connectivity index (χ3v) is 4.59. The molecule has 1 aromatic heterocycles. The molecular formula is C12H12BrN3O3S. The van der Waals surface area contributed by atoms with Gasteiger partial charge < -0.3 is 10.5 Å². The van der Waals surface area contributed by atoms with Crippen LogP contribution >= 0.6 is 15.9 Å². The maximum atomic E-state index is 12.4. The lowest BCUT2D eigenvalue weighted by Gasteiger charge is -2.13. The van der Waals surface area contributed by atoms with Gasteiger partial charge in [0, 0.05) is 22.6 Å². The number of aromatic nitrogens is 1. The number of rotatable bonds is 4. The maximum absolute atomic E-state index is 12.4. The zero-order valence-electron chi connectivity index (χ0n) is 10.5. The Hall–Kier alpha value is -1.80. The summed E-state index contributed by atoms with van der Waals surface area (Å²) in [7, 11) is -2.41. The van der Waals surface area contributed by atoms with Gasteiger partial charge in [0.15, 0.2) is 0 Å². The summed E-state index contributed by atoms with van der Waals surface area (Å²) in [5, 5.41) is 0. The van der Waals surface area contributed by atoms with Crippen molar-refractivity contribution in [2.75, 3.05) is 17.6 Å². The van der Waals surface area contributed by atoms with Crippen molar-refractivity contribution in [2.45, 2.75) is 4.90 Å². The fraction of sp³-hybridized carbons (Fsp3) is 0.0833. The van der Waals surface area contributed by atoms with Crippen molar-refractivity contribution in [1.29, 1.82) is 0 Å². The number of pyridine rings is 1. The lowest BCUT2D eigenvalue weighted by atomic mass is 10.3. The molecule has 3 N–H and O–H groups in total. The number of ether oxygens (including phenoxy) is 1. The standard InChI is InChI=1S/C12H12BrN3O3S/c1-19-11-6-9(13)10(14)7-12(11)20(17,18)16-8-2-4-15-5-3-8/h2-7H,14H2,1H3,(H,15,16). The molecule has 20 heavy (non-hydrogen) atoms. The second-order valence-corrected chi connectivity index (χ2v) is 6.37. The number of sulfonamides is 1. The highest BCUT2D eigenvalue weighted by atomic mass is 79.9. The van der Waals surface area contributed by atoms with Crippen molar-refractivity contribution in [2.24, 2.45) is 0 Å². The summed E-state index contributed by atoms with van der Waals surface area (Å²) in [6.45, 7) is 0. The van der Waals surface area contributed by atoms with Crippen LogP contribution in [0.2, 0.25) is 0 Å². The lowest BCUT2D eigenvalue weighted by molar-refractivity contribution is 0.402. The maximum Gasteiger partial charge on any atom is 0.265 e. The Balaban J connectivity index is 2.47. The van der Waals surface area contributed by atoms with Crippen LogP contribution in [0, 0.1) is 0 Å². The number of hydrogen-bond donors (Lipinski definition) is 2. The van der Waals surface area contributed by atoms with Crippen LogP contribution < -0.4 is 15.2 Å². The molecule has 2 aromatic rings. The Morgan fingerprint density at radius 3 is 2.55 bits per heavy atom. The highest BCUT2D eigenvalue weighted by molar-refractivity contribution is 9.10. The number of nitrogens with zero attached hydrogens (tertiary/aromatic N) is 1. The molecule has 0 aliphatic heterocycles. The van der Waals surface area contributed by atoms with E-state index in [1.54, 1.807) is 12.1 Å². The second kappa shape index (κ2) is 5.68. The molecular weight excluding hydrogens is 346 g/mol. The quantitative estimate of drug-likeness (QED) is 0.818. The van der Waals surface area contributed by atoms with E-state index in [1.165, 1.54) is 31.6 Å². The number of halogens is 1. The van der Waals surface area contributed by atoms with E-state index in [9.17, 15) is 8.42 Å². The third kappa shape index (κ3) is 3.02. The highest BCUT2D eigenvalue weighted by Gasteiger charge is 2.21. The Morgan fingerprint density at radius 2 is 1.95 bits per heavy atom. The summed E-state index contributed by atoms with van der Waals surface area (Å²) in [5.74, 6) is 0.202. The zero-order chi connectivity index (χ0) is 14.8. The van der Waals surface area contributed by atoms with Crippen LogP contribution in [0.4, 0.5) is 11.4 Å². The van der Waals surface area contributed by atoms with Gasteiger partial charge in [-0.25, -0.2) is 8.42 Å². The SMILES string of the molecule is COc1cc(Br)c(N)cc1S(=O)(=O)Nc1ccncc1. The molecule has 0 saturated carbocycles. The molecule has 106 valence electrons. The van der Waals surface area contributed by atoms with E-state index in [2.05, 4.69) is 25.6 Å². The molecule has 0 saturated heterocycles. The smallest absolute Gasteiger partial charge is 0.265 e. The van der Waals surface area contributed by atoms with Crippen molar-refractivity contribution in [3.05, 3.63) is 41.1 Å². The average Bonchev–Trinajstić information content (AvgIpc) is 2.42. The van der Waals surface area contributed by atoms with Gasteiger partial charge >= 0.3 is 0 Å². The Kier molecular flexibility index (Phi) is 4.15. The van der Waals surface area contributed by atoms with Crippen molar-refractivity contribution in [3.8, 4) is 5.75 Å². The molecule has 6 nitrogen and oxygen atoms in total. The van der Waals surface area contributed by atoms with Gasteiger partial charge in [0.2, 0.25) is 0 Å². The highest BCUT2D eigenvalue weighted by Crippen LogP contribution is 2.33. The zero-order valence-corrected chi connectivity index (χ0v) is 12.9. The van der Waals surface area contributed by atoms with Gasteiger partial charge in [-0.05, 0) is 40.2 Å². The first-order valence-corrected chi connectivity index (χ1v) is 7.77. The van der Waals surface area contributed by atoms with Crippen molar-refractivity contribution >= 4 is 37.3 Å². The van der Waals surface area contributed by atoms with Gasteiger partial charge in [-0.3, -0.25) is 9.71 Å². The van der Waals surface area contributed by atoms with Crippen molar-refractivity contribution < 1.29 is 13.2 Å². The molecule has 0 aliphatic carbocycles. The number of methoxy groups -OCH3 is 1. The molecule has 1 heterocycles. The minimum Gasteiger partial charge on any atom is -0.495 e. The summed E-state index contributed by atoms with van der Waals surface area (Å²) in [4.78, 5) is 3.79. The molecule has 0 unspecified atom stereocenters. The molecule has 0 amide bonds. The fourth-order valence-corrected chi connectivity index (χ4v) is 3.12. The number of nitrogens with two attached hydrogens (primary N) is 1. The molecule has 2 rings (SSSR count). The fourth-order valence-electron chi connectivity index (χ4n) is 1.55. The predicted molar refractivity (Wildman–Crippen MR) is 80.2 cm³/mol. The predicted octanol–water partition coefficient (Wildman–Crippen LogP) is 2.24. The van der Waals surface area contributed by atoms with E-state index >= 15 is 0 Å². The second-order valence-electron chi connectivity index (χ2n) is 3.87. The summed E-state index contributed by atoms with van der Waals surface area (Å²) >= 11 is 3.23. The molecule has 1 aromatic carbocycles. The first-order valence-electron chi connectivity index (χ1n) is 5.50. The van der Waals surface area contributed by atoms with E-state index in [0.29, 0.717) is 15.8 Å². The van der Waals surface area contributed by atoms with E-state index in [1.807, 2.05) is 0 Å². The van der Waals surface area contributed by atoms with Crippen LogP contribution in [0.1, 0.15) is 0 Å². The lowest BCUT2D eigenvalue weighted by Crippen LogP contribution is -2.14. The Bertz CT molecular complexity index is 720. The largest absolute Gasteiger partial charge is 0.495 e. The van der Waals surface area contributed by atoms with Gasteiger partial charge in [0.1, 0.15) is 10.6 Å². The van der Waals surface area contributed by atoms with E-state index in [0.717, 1.165) is 0 Å². The summed E-state index contributed by atoms with van der Waals surface area (Å²) in [6.07, 6.45) is 2.98. The average molecular weight is 358 g/mol. The molecule has 0 bridgehead atoms. The van der Waals surface area contributed by atoms with Crippen LogP contribution in [-0.2, 0) is 10.0 Å². The molecule has 0 fully saturated rings. The van der Waals surface area contributed by atoms with E-state index < -0.39 is 10.0 Å². The normalized spacial score (nSPS) is 11.1.